The lowest BCUT2D eigenvalue weighted by molar-refractivity contribution is 0.0528. The first kappa shape index (κ1) is 18.7. The first-order valence-corrected chi connectivity index (χ1v) is 8.40. The molecule has 0 aliphatic heterocycles. The zero-order chi connectivity index (χ0) is 19.4. The topological polar surface area (TPSA) is 109 Å². The molecule has 0 aliphatic rings. The van der Waals surface area contributed by atoms with E-state index in [-0.39, 0.29) is 42.3 Å². The molecule has 8 nitrogen and oxygen atoms in total. The van der Waals surface area contributed by atoms with Crippen LogP contribution in [0.5, 0.6) is 0 Å². The lowest BCUT2D eigenvalue weighted by Crippen LogP contribution is -2.26. The van der Waals surface area contributed by atoms with Gasteiger partial charge in [0.1, 0.15) is 11.4 Å². The second kappa shape index (κ2) is 8.11. The van der Waals surface area contributed by atoms with Crippen LogP contribution in [0.3, 0.4) is 0 Å². The Labute approximate surface area is 153 Å². The maximum Gasteiger partial charge on any atom is 0.343 e. The summed E-state index contributed by atoms with van der Waals surface area (Å²) < 4.78 is 19.2. The number of H-pyrrole nitrogens is 1. The van der Waals surface area contributed by atoms with Crippen molar-refractivity contribution in [1.82, 2.24) is 19.9 Å². The number of carbonyl (C=O) groups is 1. The number of nitrogens with one attached hydrogen (secondary N) is 2. The van der Waals surface area contributed by atoms with Crippen LogP contribution < -0.4 is 10.9 Å². The fourth-order valence-corrected chi connectivity index (χ4v) is 2.69. The maximum absolute atomic E-state index is 13.1. The van der Waals surface area contributed by atoms with Gasteiger partial charge in [0.05, 0.1) is 24.9 Å². The largest absolute Gasteiger partial charge is 0.462 e. The Morgan fingerprint density at radius 2 is 2.15 bits per heavy atom. The smallest absolute Gasteiger partial charge is 0.343 e. The Bertz CT molecular complexity index is 997. The molecule has 0 amide bonds. The summed E-state index contributed by atoms with van der Waals surface area (Å²) in [4.78, 5) is 28.6. The highest BCUT2D eigenvalue weighted by Gasteiger charge is 2.17. The quantitative estimate of drug-likeness (QED) is 0.536. The van der Waals surface area contributed by atoms with Gasteiger partial charge in [-0.3, -0.25) is 9.89 Å². The number of hydrogen-bond donors (Lipinski definition) is 3. The summed E-state index contributed by atoms with van der Waals surface area (Å²) in [5.74, 6) is -0.942. The molecule has 2 aromatic heterocycles. The monoisotopic (exact) mass is 374 g/mol. The van der Waals surface area contributed by atoms with Gasteiger partial charge in [0.15, 0.2) is 5.65 Å². The van der Waals surface area contributed by atoms with E-state index in [9.17, 15) is 19.1 Å². The van der Waals surface area contributed by atoms with Crippen LogP contribution in [-0.2, 0) is 11.3 Å². The van der Waals surface area contributed by atoms with E-state index in [1.807, 2.05) is 0 Å². The fraction of sp³-hybridized carbons (Fsp3) is 0.278. The van der Waals surface area contributed by atoms with Gasteiger partial charge in [0.25, 0.3) is 5.56 Å². The maximum atomic E-state index is 13.1. The lowest BCUT2D eigenvalue weighted by atomic mass is 10.1. The summed E-state index contributed by atoms with van der Waals surface area (Å²) in [6.45, 7) is 1.84. The molecular weight excluding hydrogens is 355 g/mol. The third kappa shape index (κ3) is 4.04. The molecule has 0 aliphatic carbocycles. The van der Waals surface area contributed by atoms with Gasteiger partial charge in [-0.1, -0.05) is 12.1 Å². The van der Waals surface area contributed by atoms with Crippen molar-refractivity contribution >= 4 is 11.6 Å². The molecule has 3 rings (SSSR count). The second-order valence-corrected chi connectivity index (χ2v) is 5.82. The highest BCUT2D eigenvalue weighted by Crippen LogP contribution is 2.14. The van der Waals surface area contributed by atoms with Crippen LogP contribution in [0.15, 0.2) is 41.3 Å². The van der Waals surface area contributed by atoms with E-state index >= 15 is 0 Å². The van der Waals surface area contributed by atoms with Crippen LogP contribution in [-0.4, -0.2) is 38.9 Å². The van der Waals surface area contributed by atoms with Gasteiger partial charge >= 0.3 is 5.97 Å². The van der Waals surface area contributed by atoms with Gasteiger partial charge in [-0.25, -0.2) is 18.7 Å². The van der Waals surface area contributed by atoms with E-state index in [4.69, 9.17) is 4.74 Å². The molecular formula is C18H19FN4O4. The van der Waals surface area contributed by atoms with E-state index in [0.717, 1.165) is 4.52 Å². The number of halogens is 1. The highest BCUT2D eigenvalue weighted by atomic mass is 19.1. The molecule has 0 bridgehead atoms. The van der Waals surface area contributed by atoms with Crippen molar-refractivity contribution in [3.8, 4) is 0 Å². The minimum Gasteiger partial charge on any atom is -0.462 e. The molecule has 1 aromatic carbocycles. The summed E-state index contributed by atoms with van der Waals surface area (Å²) in [6, 6.07) is 6.62. The highest BCUT2D eigenvalue weighted by molar-refractivity contribution is 5.95. The molecule has 0 spiro atoms. The third-order valence-corrected chi connectivity index (χ3v) is 4.03. The number of nitrogens with zero attached hydrogens (tertiary/aromatic N) is 2. The molecule has 3 N–H and O–H groups in total. The second-order valence-electron chi connectivity index (χ2n) is 5.82. The summed E-state index contributed by atoms with van der Waals surface area (Å²) >= 11 is 0. The molecule has 0 saturated carbocycles. The number of fused-ring (bicyclic) bond motifs is 1. The number of aromatic nitrogens is 3. The van der Waals surface area contributed by atoms with Crippen molar-refractivity contribution < 1.29 is 19.0 Å². The zero-order valence-electron chi connectivity index (χ0n) is 14.6. The molecule has 1 unspecified atom stereocenters. The van der Waals surface area contributed by atoms with E-state index in [1.165, 1.54) is 24.4 Å². The van der Waals surface area contributed by atoms with Crippen LogP contribution in [0.4, 0.5) is 4.39 Å². The predicted molar refractivity (Wildman–Crippen MR) is 94.8 cm³/mol. The summed E-state index contributed by atoms with van der Waals surface area (Å²) in [7, 11) is 0. The van der Waals surface area contributed by atoms with Gasteiger partial charge in [-0.15, -0.1) is 0 Å². The third-order valence-electron chi connectivity index (χ3n) is 4.03. The number of rotatable bonds is 7. The summed E-state index contributed by atoms with van der Waals surface area (Å²) in [5, 5.41) is 15.3. The van der Waals surface area contributed by atoms with E-state index < -0.39 is 12.0 Å². The molecule has 142 valence electrons. The van der Waals surface area contributed by atoms with Gasteiger partial charge in [-0.05, 0) is 24.6 Å². The molecule has 0 radical (unpaired) electrons. The predicted octanol–water partition coefficient (Wildman–Crippen LogP) is 1.16. The number of benzene rings is 1. The lowest BCUT2D eigenvalue weighted by Gasteiger charge is -2.16. The van der Waals surface area contributed by atoms with Gasteiger partial charge in [0.2, 0.25) is 0 Å². The normalized spacial score (nSPS) is 12.3. The van der Waals surface area contributed by atoms with E-state index in [2.05, 4.69) is 15.4 Å². The standard InChI is InChI=1S/C18H19FN4O4/c1-2-27-18(26)14-9-21-23-16(25)7-13(22-17(14)23)8-20-15(10-24)11-3-5-12(19)6-4-11/h3-7,9,15,20-21,24H,2,8,10H2,1H3. The van der Waals surface area contributed by atoms with E-state index in [0.29, 0.717) is 11.3 Å². The number of ether oxygens (including phenoxy) is 1. The van der Waals surface area contributed by atoms with Gasteiger partial charge in [0, 0.05) is 18.8 Å². The van der Waals surface area contributed by atoms with Crippen molar-refractivity contribution in [2.45, 2.75) is 19.5 Å². The summed E-state index contributed by atoms with van der Waals surface area (Å²) in [6.07, 6.45) is 1.37. The SMILES string of the molecule is CCOC(=O)c1c[nH]n2c(=O)cc(CNC(CO)c3ccc(F)cc3)nc12. The number of hydrogen-bond acceptors (Lipinski definition) is 6. The Morgan fingerprint density at radius 1 is 1.41 bits per heavy atom. The van der Waals surface area contributed by atoms with Crippen molar-refractivity contribution in [3.63, 3.8) is 0 Å². The van der Waals surface area contributed by atoms with Crippen molar-refractivity contribution in [3.05, 3.63) is 69.5 Å². The summed E-state index contributed by atoms with van der Waals surface area (Å²) in [5.41, 5.74) is 1.04. The van der Waals surface area contributed by atoms with Crippen LogP contribution in [0.25, 0.3) is 5.65 Å². The fourth-order valence-electron chi connectivity index (χ4n) is 2.69. The van der Waals surface area contributed by atoms with Crippen LogP contribution in [0.2, 0.25) is 0 Å². The molecule has 0 saturated heterocycles. The molecule has 0 fully saturated rings. The molecule has 3 aromatic rings. The number of carbonyl (C=O) groups excluding carboxylic acids is 1. The number of aliphatic hydroxyl groups is 1. The van der Waals surface area contributed by atoms with Gasteiger partial charge < -0.3 is 15.2 Å². The molecule has 1 atom stereocenters. The average molecular weight is 374 g/mol. The Hall–Kier alpha value is -3.04. The van der Waals surface area contributed by atoms with Crippen molar-refractivity contribution in [2.24, 2.45) is 0 Å². The first-order valence-electron chi connectivity index (χ1n) is 8.40. The Kier molecular flexibility index (Phi) is 5.63. The van der Waals surface area contributed by atoms with Crippen LogP contribution >= 0.6 is 0 Å². The average Bonchev–Trinajstić information content (AvgIpc) is 3.08. The Balaban J connectivity index is 1.84. The number of aromatic amines is 1. The zero-order valence-corrected chi connectivity index (χ0v) is 14.6. The van der Waals surface area contributed by atoms with Crippen LogP contribution in [0.1, 0.15) is 34.6 Å². The van der Waals surface area contributed by atoms with Crippen molar-refractivity contribution in [1.29, 1.82) is 0 Å². The first-order chi connectivity index (χ1) is 13.0. The van der Waals surface area contributed by atoms with Crippen LogP contribution in [0, 0.1) is 5.82 Å². The minimum absolute atomic E-state index is 0.160. The molecule has 27 heavy (non-hydrogen) atoms. The van der Waals surface area contributed by atoms with E-state index in [1.54, 1.807) is 19.1 Å². The molecule has 2 heterocycles. The Morgan fingerprint density at radius 3 is 2.81 bits per heavy atom. The van der Waals surface area contributed by atoms with Gasteiger partial charge in [-0.2, -0.15) is 0 Å². The molecule has 9 heteroatoms. The van der Waals surface area contributed by atoms with Crippen molar-refractivity contribution in [2.75, 3.05) is 13.2 Å². The minimum atomic E-state index is -0.576. The number of esters is 1. The number of aliphatic hydroxyl groups excluding tert-OH is 1.